The molecule has 2 fully saturated rings. The van der Waals surface area contributed by atoms with Gasteiger partial charge in [-0.15, -0.1) is 0 Å². The fourth-order valence-corrected chi connectivity index (χ4v) is 2.95. The van der Waals surface area contributed by atoms with Gasteiger partial charge in [-0.1, -0.05) is 0 Å². The van der Waals surface area contributed by atoms with E-state index in [1.54, 1.807) is 4.90 Å². The van der Waals surface area contributed by atoms with Crippen molar-refractivity contribution in [3.8, 4) is 0 Å². The van der Waals surface area contributed by atoms with Gasteiger partial charge in [-0.05, 0) is 18.9 Å². The molecule has 1 amide bonds. The average molecular weight is 333 g/mol. The van der Waals surface area contributed by atoms with Crippen LogP contribution in [-0.4, -0.2) is 53.2 Å². The zero-order valence-corrected chi connectivity index (χ0v) is 12.5. The third kappa shape index (κ3) is 3.84. The van der Waals surface area contributed by atoms with Crippen molar-refractivity contribution < 1.29 is 27.4 Å². The van der Waals surface area contributed by atoms with E-state index in [4.69, 9.17) is 9.47 Å². The van der Waals surface area contributed by atoms with Crippen molar-refractivity contribution in [2.75, 3.05) is 26.3 Å². The average Bonchev–Trinajstić information content (AvgIpc) is 3.18. The predicted molar refractivity (Wildman–Crippen MR) is 72.2 cm³/mol. The van der Waals surface area contributed by atoms with Crippen molar-refractivity contribution in [3.05, 3.63) is 18.0 Å². The van der Waals surface area contributed by atoms with Crippen LogP contribution in [0.4, 0.5) is 13.2 Å². The lowest BCUT2D eigenvalue weighted by molar-refractivity contribution is -0.143. The lowest BCUT2D eigenvalue weighted by atomic mass is 9.97. The van der Waals surface area contributed by atoms with Crippen molar-refractivity contribution in [1.82, 2.24) is 14.7 Å². The number of likely N-dealkylation sites (tertiary alicyclic amines) is 1. The number of piperidine rings is 1. The Hall–Kier alpha value is -1.61. The van der Waals surface area contributed by atoms with Crippen molar-refractivity contribution in [3.63, 3.8) is 0 Å². The molecule has 0 spiro atoms. The molecule has 1 unspecified atom stereocenters. The molecular formula is C14H18F3N3O3. The van der Waals surface area contributed by atoms with E-state index in [1.807, 2.05) is 0 Å². The minimum atomic E-state index is -4.50. The highest BCUT2D eigenvalue weighted by Gasteiger charge is 2.35. The minimum absolute atomic E-state index is 0.110. The van der Waals surface area contributed by atoms with E-state index >= 15 is 0 Å². The summed E-state index contributed by atoms with van der Waals surface area (Å²) >= 11 is 0. The molecule has 3 heterocycles. The van der Waals surface area contributed by atoms with Gasteiger partial charge in [-0.25, -0.2) is 0 Å². The zero-order valence-electron chi connectivity index (χ0n) is 12.5. The van der Waals surface area contributed by atoms with Gasteiger partial charge >= 0.3 is 6.18 Å². The van der Waals surface area contributed by atoms with Crippen molar-refractivity contribution >= 4 is 5.91 Å². The van der Waals surface area contributed by atoms with Crippen molar-refractivity contribution in [1.29, 1.82) is 0 Å². The largest absolute Gasteiger partial charge is 0.435 e. The highest BCUT2D eigenvalue weighted by Crippen LogP contribution is 2.27. The third-order valence-corrected chi connectivity index (χ3v) is 4.07. The van der Waals surface area contributed by atoms with Crippen LogP contribution in [0.3, 0.4) is 0 Å². The maximum atomic E-state index is 12.5. The molecule has 0 radical (unpaired) electrons. The molecule has 1 atom stereocenters. The van der Waals surface area contributed by atoms with Crippen molar-refractivity contribution in [2.24, 2.45) is 5.92 Å². The van der Waals surface area contributed by atoms with E-state index in [0.29, 0.717) is 26.3 Å². The first-order chi connectivity index (χ1) is 10.9. The Balaban J connectivity index is 1.58. The Kier molecular flexibility index (Phi) is 4.58. The summed E-state index contributed by atoms with van der Waals surface area (Å²) in [7, 11) is 0. The molecule has 0 saturated carbocycles. The summed E-state index contributed by atoms with van der Waals surface area (Å²) < 4.78 is 49.5. The standard InChI is InChI=1S/C14H18F3N3O3/c15-14(16,17)11-3-5-20(18-11)9-12(21)19-4-1-2-10(8-19)13-22-6-7-23-13/h3,5,10,13H,1-2,4,6-9H2. The second-order valence-electron chi connectivity index (χ2n) is 5.75. The van der Waals surface area contributed by atoms with Gasteiger partial charge in [0.05, 0.1) is 13.2 Å². The van der Waals surface area contributed by atoms with Gasteiger partial charge in [0, 0.05) is 25.2 Å². The van der Waals surface area contributed by atoms with Crippen LogP contribution in [0.1, 0.15) is 18.5 Å². The fourth-order valence-electron chi connectivity index (χ4n) is 2.95. The number of ether oxygens (including phenoxy) is 2. The Morgan fingerprint density at radius 1 is 1.35 bits per heavy atom. The smallest absolute Gasteiger partial charge is 0.350 e. The topological polar surface area (TPSA) is 56.6 Å². The van der Waals surface area contributed by atoms with Gasteiger partial charge in [0.2, 0.25) is 5.91 Å². The monoisotopic (exact) mass is 333 g/mol. The molecule has 0 N–H and O–H groups in total. The molecule has 0 aromatic carbocycles. The number of carbonyl (C=O) groups excluding carboxylic acids is 1. The lowest BCUT2D eigenvalue weighted by Crippen LogP contribution is -2.45. The quantitative estimate of drug-likeness (QED) is 0.841. The van der Waals surface area contributed by atoms with E-state index in [9.17, 15) is 18.0 Å². The van der Waals surface area contributed by atoms with Crippen molar-refractivity contribution in [2.45, 2.75) is 31.9 Å². The number of carbonyl (C=O) groups is 1. The number of halogens is 3. The molecule has 3 rings (SSSR count). The van der Waals surface area contributed by atoms with Crippen LogP contribution in [0.15, 0.2) is 12.3 Å². The summed E-state index contributed by atoms with van der Waals surface area (Å²) in [5, 5.41) is 3.41. The summed E-state index contributed by atoms with van der Waals surface area (Å²) in [6.07, 6.45) is -1.87. The zero-order chi connectivity index (χ0) is 16.4. The second-order valence-corrected chi connectivity index (χ2v) is 5.75. The van der Waals surface area contributed by atoms with Crippen LogP contribution in [0.2, 0.25) is 0 Å². The summed E-state index contributed by atoms with van der Waals surface area (Å²) in [4.78, 5) is 13.9. The summed E-state index contributed by atoms with van der Waals surface area (Å²) in [5.41, 5.74) is -0.991. The number of hydrogen-bond donors (Lipinski definition) is 0. The molecule has 2 aliphatic heterocycles. The Labute approximate surface area is 131 Å². The lowest BCUT2D eigenvalue weighted by Gasteiger charge is -2.34. The number of rotatable bonds is 3. The highest BCUT2D eigenvalue weighted by atomic mass is 19.4. The predicted octanol–water partition coefficient (Wildman–Crippen LogP) is 1.51. The molecule has 128 valence electrons. The number of aromatic nitrogens is 2. The highest BCUT2D eigenvalue weighted by molar-refractivity contribution is 5.76. The first-order valence-electron chi connectivity index (χ1n) is 7.55. The van der Waals surface area contributed by atoms with Crippen LogP contribution in [0, 0.1) is 5.92 Å². The summed E-state index contributed by atoms with van der Waals surface area (Å²) in [6, 6.07) is 0.868. The molecular weight excluding hydrogens is 315 g/mol. The SMILES string of the molecule is O=C(Cn1ccc(C(F)(F)F)n1)N1CCCC(C2OCCO2)C1. The van der Waals surface area contributed by atoms with E-state index in [2.05, 4.69) is 5.10 Å². The van der Waals surface area contributed by atoms with Crippen LogP contribution in [0.25, 0.3) is 0 Å². The Morgan fingerprint density at radius 2 is 2.09 bits per heavy atom. The summed E-state index contributed by atoms with van der Waals surface area (Å²) in [6.45, 7) is 2.01. The minimum Gasteiger partial charge on any atom is -0.350 e. The van der Waals surface area contributed by atoms with Crippen LogP contribution < -0.4 is 0 Å². The molecule has 6 nitrogen and oxygen atoms in total. The van der Waals surface area contributed by atoms with E-state index in [0.717, 1.165) is 23.6 Å². The number of alkyl halides is 3. The van der Waals surface area contributed by atoms with Gasteiger partial charge in [-0.3, -0.25) is 9.48 Å². The molecule has 23 heavy (non-hydrogen) atoms. The number of nitrogens with zero attached hydrogens (tertiary/aromatic N) is 3. The van der Waals surface area contributed by atoms with Gasteiger partial charge in [0.25, 0.3) is 0 Å². The molecule has 1 aromatic rings. The molecule has 2 aliphatic rings. The van der Waals surface area contributed by atoms with Crippen LogP contribution in [0.5, 0.6) is 0 Å². The van der Waals surface area contributed by atoms with Gasteiger partial charge in [0.15, 0.2) is 12.0 Å². The first-order valence-corrected chi connectivity index (χ1v) is 7.55. The van der Waals surface area contributed by atoms with Crippen LogP contribution in [-0.2, 0) is 27.0 Å². The molecule has 0 bridgehead atoms. The molecule has 0 aliphatic carbocycles. The normalized spacial score (nSPS) is 23.4. The fraction of sp³-hybridized carbons (Fsp3) is 0.714. The maximum Gasteiger partial charge on any atom is 0.435 e. The molecule has 1 aromatic heterocycles. The number of amides is 1. The Bertz CT molecular complexity index is 555. The summed E-state index contributed by atoms with van der Waals surface area (Å²) in [5.74, 6) is -0.136. The third-order valence-electron chi connectivity index (χ3n) is 4.07. The van der Waals surface area contributed by atoms with Gasteiger partial charge < -0.3 is 14.4 Å². The second kappa shape index (κ2) is 6.48. The molecule has 9 heteroatoms. The first kappa shape index (κ1) is 16.3. The number of hydrogen-bond acceptors (Lipinski definition) is 4. The van der Waals surface area contributed by atoms with Crippen LogP contribution >= 0.6 is 0 Å². The van der Waals surface area contributed by atoms with Gasteiger partial charge in [0.1, 0.15) is 6.54 Å². The van der Waals surface area contributed by atoms with Gasteiger partial charge in [-0.2, -0.15) is 18.3 Å². The molecule has 2 saturated heterocycles. The van der Waals surface area contributed by atoms with E-state index in [-0.39, 0.29) is 24.7 Å². The Morgan fingerprint density at radius 3 is 2.74 bits per heavy atom. The van der Waals surface area contributed by atoms with E-state index in [1.165, 1.54) is 6.20 Å². The maximum absolute atomic E-state index is 12.5. The van der Waals surface area contributed by atoms with E-state index < -0.39 is 11.9 Å².